The van der Waals surface area contributed by atoms with Crippen LogP contribution in [0.3, 0.4) is 0 Å². The Kier molecular flexibility index (Phi) is 5.91. The zero-order chi connectivity index (χ0) is 18.9. The first-order chi connectivity index (χ1) is 12.3. The van der Waals surface area contributed by atoms with Gasteiger partial charge in [-0.05, 0) is 51.3 Å². The van der Waals surface area contributed by atoms with Crippen molar-refractivity contribution in [2.24, 2.45) is 0 Å². The molecule has 26 heavy (non-hydrogen) atoms. The van der Waals surface area contributed by atoms with E-state index in [0.717, 1.165) is 25.9 Å². The topological polar surface area (TPSA) is 69.7 Å². The molecule has 2 fully saturated rings. The summed E-state index contributed by atoms with van der Waals surface area (Å²) in [5.41, 5.74) is 0. The van der Waals surface area contributed by atoms with Gasteiger partial charge in [-0.2, -0.15) is 4.72 Å². The second kappa shape index (κ2) is 7.84. The van der Waals surface area contributed by atoms with Gasteiger partial charge in [0.25, 0.3) is 0 Å². The first-order valence-electron chi connectivity index (χ1n) is 9.10. The number of likely N-dealkylation sites (tertiary alicyclic amines) is 2. The van der Waals surface area contributed by atoms with Crippen molar-refractivity contribution in [2.75, 3.05) is 19.6 Å². The quantitative estimate of drug-likeness (QED) is 0.823. The normalized spacial score (nSPS) is 23.2. The van der Waals surface area contributed by atoms with Crippen molar-refractivity contribution in [2.45, 2.75) is 56.1 Å². The van der Waals surface area contributed by atoms with Gasteiger partial charge in [0.15, 0.2) is 0 Å². The number of rotatable bonds is 5. The van der Waals surface area contributed by atoms with Crippen LogP contribution in [0.4, 0.5) is 0 Å². The number of hydrogen-bond acceptors (Lipinski definition) is 4. The number of sulfonamides is 1. The minimum Gasteiger partial charge on any atom is -0.338 e. The van der Waals surface area contributed by atoms with E-state index in [2.05, 4.69) is 23.5 Å². The molecule has 2 saturated heterocycles. The summed E-state index contributed by atoms with van der Waals surface area (Å²) in [7, 11) is -3.76. The van der Waals surface area contributed by atoms with E-state index < -0.39 is 16.1 Å². The summed E-state index contributed by atoms with van der Waals surface area (Å²) >= 11 is 5.88. The molecule has 2 aliphatic rings. The van der Waals surface area contributed by atoms with E-state index in [1.165, 1.54) is 12.1 Å². The highest BCUT2D eigenvalue weighted by Gasteiger charge is 2.39. The predicted octanol–water partition coefficient (Wildman–Crippen LogP) is 2.09. The first kappa shape index (κ1) is 19.6. The molecule has 0 aromatic heterocycles. The predicted molar refractivity (Wildman–Crippen MR) is 102 cm³/mol. The van der Waals surface area contributed by atoms with E-state index in [4.69, 9.17) is 11.6 Å². The van der Waals surface area contributed by atoms with Gasteiger partial charge in [-0.3, -0.25) is 4.79 Å². The lowest BCUT2D eigenvalue weighted by Gasteiger charge is -2.38. The third-order valence-electron chi connectivity index (χ3n) is 5.31. The first-order valence-corrected chi connectivity index (χ1v) is 11.0. The highest BCUT2D eigenvalue weighted by atomic mass is 35.5. The zero-order valence-corrected chi connectivity index (χ0v) is 16.8. The molecule has 0 bridgehead atoms. The lowest BCUT2D eigenvalue weighted by Crippen LogP contribution is -2.49. The van der Waals surface area contributed by atoms with E-state index in [1.807, 2.05) is 4.90 Å². The van der Waals surface area contributed by atoms with Crippen LogP contribution in [-0.4, -0.2) is 61.9 Å². The Morgan fingerprint density at radius 2 is 1.85 bits per heavy atom. The average Bonchev–Trinajstić information content (AvgIpc) is 2.95. The number of nitrogens with one attached hydrogen (secondary N) is 1. The Bertz CT molecular complexity index is 761. The fraction of sp³-hybridized carbons (Fsp3) is 0.611. The molecule has 2 aliphatic heterocycles. The van der Waals surface area contributed by atoms with Crippen LogP contribution in [0.15, 0.2) is 29.2 Å². The summed E-state index contributed by atoms with van der Waals surface area (Å²) in [6, 6.07) is 6.10. The molecule has 8 heteroatoms. The minimum atomic E-state index is -3.76. The summed E-state index contributed by atoms with van der Waals surface area (Å²) in [5, 5.41) is 0.351. The number of benzene rings is 1. The Balaban J connectivity index is 1.63. The molecule has 0 spiro atoms. The lowest BCUT2D eigenvalue weighted by molar-refractivity contribution is -0.131. The molecule has 0 saturated carbocycles. The van der Waals surface area contributed by atoms with Gasteiger partial charge in [-0.25, -0.2) is 8.42 Å². The fourth-order valence-corrected chi connectivity index (χ4v) is 5.30. The highest BCUT2D eigenvalue weighted by Crippen LogP contribution is 2.24. The number of carbonyl (C=O) groups excluding carboxylic acids is 1. The van der Waals surface area contributed by atoms with Crippen molar-refractivity contribution in [3.63, 3.8) is 0 Å². The Labute approximate surface area is 160 Å². The van der Waals surface area contributed by atoms with Crippen LogP contribution in [-0.2, 0) is 14.8 Å². The SMILES string of the molecule is CC(C)N1CCC(N2CC[C@H](NS(=O)(=O)c3cccc(Cl)c3)C2=O)CC1. The van der Waals surface area contributed by atoms with E-state index in [1.54, 1.807) is 12.1 Å². The second-order valence-electron chi connectivity index (χ2n) is 7.31. The Morgan fingerprint density at radius 1 is 1.15 bits per heavy atom. The fourth-order valence-electron chi connectivity index (χ4n) is 3.78. The number of halogens is 1. The van der Waals surface area contributed by atoms with E-state index in [0.29, 0.717) is 24.0 Å². The van der Waals surface area contributed by atoms with Crippen molar-refractivity contribution >= 4 is 27.5 Å². The van der Waals surface area contributed by atoms with Gasteiger partial charge in [0.2, 0.25) is 15.9 Å². The summed E-state index contributed by atoms with van der Waals surface area (Å²) in [4.78, 5) is 17.1. The van der Waals surface area contributed by atoms with Gasteiger partial charge in [-0.15, -0.1) is 0 Å². The maximum atomic E-state index is 12.8. The smallest absolute Gasteiger partial charge is 0.241 e. The van der Waals surface area contributed by atoms with Crippen molar-refractivity contribution in [1.82, 2.24) is 14.5 Å². The molecule has 1 amide bonds. The van der Waals surface area contributed by atoms with Gasteiger partial charge in [0.05, 0.1) is 4.90 Å². The van der Waals surface area contributed by atoms with Gasteiger partial charge < -0.3 is 9.80 Å². The van der Waals surface area contributed by atoms with Crippen molar-refractivity contribution in [1.29, 1.82) is 0 Å². The molecular weight excluding hydrogens is 374 g/mol. The van der Waals surface area contributed by atoms with Gasteiger partial charge in [0.1, 0.15) is 6.04 Å². The van der Waals surface area contributed by atoms with Crippen LogP contribution in [0, 0.1) is 0 Å². The Hall–Kier alpha value is -1.15. The number of carbonyl (C=O) groups is 1. The van der Waals surface area contributed by atoms with Crippen LogP contribution in [0.25, 0.3) is 0 Å². The molecule has 2 heterocycles. The van der Waals surface area contributed by atoms with Crippen LogP contribution in [0.2, 0.25) is 5.02 Å². The molecule has 0 radical (unpaired) electrons. The molecule has 0 aliphatic carbocycles. The number of piperidine rings is 1. The molecule has 1 aromatic rings. The van der Waals surface area contributed by atoms with E-state index >= 15 is 0 Å². The number of hydrogen-bond donors (Lipinski definition) is 1. The molecule has 144 valence electrons. The monoisotopic (exact) mass is 399 g/mol. The summed E-state index contributed by atoms with van der Waals surface area (Å²) < 4.78 is 27.6. The summed E-state index contributed by atoms with van der Waals surface area (Å²) in [5.74, 6) is -0.112. The van der Waals surface area contributed by atoms with E-state index in [9.17, 15) is 13.2 Å². The van der Waals surface area contributed by atoms with Gasteiger partial charge in [0, 0.05) is 36.7 Å². The van der Waals surface area contributed by atoms with Gasteiger partial charge in [-0.1, -0.05) is 17.7 Å². The number of nitrogens with zero attached hydrogens (tertiary/aromatic N) is 2. The molecule has 1 atom stereocenters. The molecule has 6 nitrogen and oxygen atoms in total. The molecular formula is C18H26ClN3O3S. The van der Waals surface area contributed by atoms with Crippen LogP contribution in [0.1, 0.15) is 33.1 Å². The molecule has 0 unspecified atom stereocenters. The van der Waals surface area contributed by atoms with Gasteiger partial charge >= 0.3 is 0 Å². The van der Waals surface area contributed by atoms with Crippen LogP contribution >= 0.6 is 11.6 Å². The third kappa shape index (κ3) is 4.22. The van der Waals surface area contributed by atoms with Crippen LogP contribution < -0.4 is 4.72 Å². The van der Waals surface area contributed by atoms with Crippen molar-refractivity contribution in [3.8, 4) is 0 Å². The maximum Gasteiger partial charge on any atom is 0.241 e. The number of amides is 1. The highest BCUT2D eigenvalue weighted by molar-refractivity contribution is 7.89. The van der Waals surface area contributed by atoms with Crippen molar-refractivity contribution in [3.05, 3.63) is 29.3 Å². The van der Waals surface area contributed by atoms with Crippen LogP contribution in [0.5, 0.6) is 0 Å². The molecule has 1 aromatic carbocycles. The second-order valence-corrected chi connectivity index (χ2v) is 9.46. The standard InChI is InChI=1S/C18H26ClN3O3S/c1-13(2)21-9-6-15(7-10-21)22-11-8-17(18(22)23)20-26(24,25)16-5-3-4-14(19)12-16/h3-5,12-13,15,17,20H,6-11H2,1-2H3/t17-/m0/s1. The summed E-state index contributed by atoms with van der Waals surface area (Å²) in [6.45, 7) is 6.92. The molecule has 3 rings (SSSR count). The van der Waals surface area contributed by atoms with Crippen molar-refractivity contribution < 1.29 is 13.2 Å². The third-order valence-corrected chi connectivity index (χ3v) is 7.02. The maximum absolute atomic E-state index is 12.8. The minimum absolute atomic E-state index is 0.0847. The molecule has 1 N–H and O–H groups in total. The lowest BCUT2D eigenvalue weighted by atomic mass is 10.0. The summed E-state index contributed by atoms with van der Waals surface area (Å²) in [6.07, 6.45) is 2.39. The zero-order valence-electron chi connectivity index (χ0n) is 15.2. The average molecular weight is 400 g/mol. The largest absolute Gasteiger partial charge is 0.338 e. The van der Waals surface area contributed by atoms with E-state index in [-0.39, 0.29) is 16.8 Å². The Morgan fingerprint density at radius 3 is 2.46 bits per heavy atom.